The minimum absolute atomic E-state index is 0.0225. The van der Waals surface area contributed by atoms with Crippen molar-refractivity contribution in [2.75, 3.05) is 5.32 Å². The van der Waals surface area contributed by atoms with Gasteiger partial charge < -0.3 is 5.32 Å². The zero-order valence-corrected chi connectivity index (χ0v) is 13.6. The molecule has 2 aromatic carbocycles. The highest BCUT2D eigenvalue weighted by Crippen LogP contribution is 2.19. The average molecular weight is 320 g/mol. The topological polar surface area (TPSA) is 70.7 Å². The molecule has 0 saturated carbocycles. The number of carbonyl (C=O) groups excluding carboxylic acids is 1. The third-order valence-electron chi connectivity index (χ3n) is 3.71. The second-order valence-corrected chi connectivity index (χ2v) is 5.71. The fraction of sp³-hybridized carbons (Fsp3) is 0.211. The third-order valence-corrected chi connectivity index (χ3v) is 3.71. The number of hydrogen-bond acceptors (Lipinski definition) is 3. The van der Waals surface area contributed by atoms with Crippen molar-refractivity contribution >= 4 is 11.6 Å². The fourth-order valence-corrected chi connectivity index (χ4v) is 2.53. The largest absolute Gasteiger partial charge is 0.326 e. The Hall–Kier alpha value is -2.95. The Morgan fingerprint density at radius 3 is 2.71 bits per heavy atom. The molecule has 5 nitrogen and oxygen atoms in total. The van der Waals surface area contributed by atoms with E-state index in [9.17, 15) is 4.79 Å². The molecule has 0 fully saturated rings. The van der Waals surface area contributed by atoms with Crippen molar-refractivity contribution in [2.45, 2.75) is 26.2 Å². The van der Waals surface area contributed by atoms with Crippen molar-refractivity contribution in [2.24, 2.45) is 0 Å². The van der Waals surface area contributed by atoms with E-state index in [-0.39, 0.29) is 5.91 Å². The maximum absolute atomic E-state index is 12.1. The number of nitrogens with zero attached hydrogens (tertiary/aromatic N) is 2. The van der Waals surface area contributed by atoms with Gasteiger partial charge in [-0.1, -0.05) is 42.5 Å². The number of H-pyrrole nitrogens is 1. The molecule has 0 aliphatic rings. The van der Waals surface area contributed by atoms with Crippen LogP contribution in [0.4, 0.5) is 5.69 Å². The monoisotopic (exact) mass is 320 g/mol. The summed E-state index contributed by atoms with van der Waals surface area (Å²) in [5.41, 5.74) is 2.90. The van der Waals surface area contributed by atoms with E-state index >= 15 is 0 Å². The highest BCUT2D eigenvalue weighted by molar-refractivity contribution is 5.91. The number of benzene rings is 2. The molecule has 1 amide bonds. The van der Waals surface area contributed by atoms with Gasteiger partial charge in [0.05, 0.1) is 0 Å². The van der Waals surface area contributed by atoms with Crippen LogP contribution in [0, 0.1) is 6.92 Å². The van der Waals surface area contributed by atoms with E-state index in [1.807, 2.05) is 49.4 Å². The maximum atomic E-state index is 12.1. The molecule has 24 heavy (non-hydrogen) atoms. The SMILES string of the molecule is Cc1nc(-c2cccc(NC(=O)CCCc3ccccc3)c2)n[nH]1. The average Bonchev–Trinajstić information content (AvgIpc) is 3.03. The normalized spacial score (nSPS) is 10.5. The van der Waals surface area contributed by atoms with Gasteiger partial charge in [0.2, 0.25) is 5.91 Å². The molecule has 3 rings (SSSR count). The second-order valence-electron chi connectivity index (χ2n) is 5.71. The fourth-order valence-electron chi connectivity index (χ4n) is 2.53. The van der Waals surface area contributed by atoms with Gasteiger partial charge >= 0.3 is 0 Å². The van der Waals surface area contributed by atoms with Crippen LogP contribution < -0.4 is 5.32 Å². The molecular formula is C19H20N4O. The van der Waals surface area contributed by atoms with Crippen LogP contribution in [0.3, 0.4) is 0 Å². The van der Waals surface area contributed by atoms with Crippen molar-refractivity contribution in [3.8, 4) is 11.4 Å². The van der Waals surface area contributed by atoms with Crippen molar-refractivity contribution in [1.82, 2.24) is 15.2 Å². The predicted octanol–water partition coefficient (Wildman–Crippen LogP) is 3.74. The highest BCUT2D eigenvalue weighted by atomic mass is 16.1. The molecule has 122 valence electrons. The quantitative estimate of drug-likeness (QED) is 0.727. The van der Waals surface area contributed by atoms with E-state index in [4.69, 9.17) is 0 Å². The van der Waals surface area contributed by atoms with Crippen LogP contribution in [0.2, 0.25) is 0 Å². The molecule has 2 N–H and O–H groups in total. The molecule has 3 aromatic rings. The number of hydrogen-bond donors (Lipinski definition) is 2. The Morgan fingerprint density at radius 1 is 1.12 bits per heavy atom. The van der Waals surface area contributed by atoms with Gasteiger partial charge in [-0.05, 0) is 37.5 Å². The number of aromatic amines is 1. The molecule has 0 aliphatic heterocycles. The van der Waals surface area contributed by atoms with Crippen LogP contribution in [-0.2, 0) is 11.2 Å². The summed E-state index contributed by atoms with van der Waals surface area (Å²) in [5.74, 6) is 1.42. The van der Waals surface area contributed by atoms with Crippen molar-refractivity contribution in [3.63, 3.8) is 0 Å². The first kappa shape index (κ1) is 15.9. The van der Waals surface area contributed by atoms with Gasteiger partial charge in [0, 0.05) is 17.7 Å². The number of anilines is 1. The summed E-state index contributed by atoms with van der Waals surface area (Å²) in [5, 5.41) is 9.90. The lowest BCUT2D eigenvalue weighted by Gasteiger charge is -2.06. The van der Waals surface area contributed by atoms with Crippen LogP contribution >= 0.6 is 0 Å². The summed E-state index contributed by atoms with van der Waals surface area (Å²) in [6.07, 6.45) is 2.24. The van der Waals surface area contributed by atoms with Crippen LogP contribution in [0.15, 0.2) is 54.6 Å². The van der Waals surface area contributed by atoms with E-state index < -0.39 is 0 Å². The lowest BCUT2D eigenvalue weighted by atomic mass is 10.1. The Labute approximate surface area is 141 Å². The van der Waals surface area contributed by atoms with Gasteiger partial charge in [-0.3, -0.25) is 9.89 Å². The molecule has 0 spiro atoms. The minimum Gasteiger partial charge on any atom is -0.326 e. The van der Waals surface area contributed by atoms with Crippen LogP contribution in [0.5, 0.6) is 0 Å². The van der Waals surface area contributed by atoms with Gasteiger partial charge in [0.25, 0.3) is 0 Å². The van der Waals surface area contributed by atoms with Crippen LogP contribution in [0.25, 0.3) is 11.4 Å². The first-order valence-electron chi connectivity index (χ1n) is 8.04. The first-order chi connectivity index (χ1) is 11.7. The first-order valence-corrected chi connectivity index (χ1v) is 8.04. The Morgan fingerprint density at radius 2 is 1.96 bits per heavy atom. The van der Waals surface area contributed by atoms with E-state index in [0.717, 1.165) is 29.9 Å². The molecular weight excluding hydrogens is 300 g/mol. The van der Waals surface area contributed by atoms with Crippen LogP contribution in [-0.4, -0.2) is 21.1 Å². The zero-order chi connectivity index (χ0) is 16.8. The zero-order valence-electron chi connectivity index (χ0n) is 13.6. The summed E-state index contributed by atoms with van der Waals surface area (Å²) >= 11 is 0. The van der Waals surface area contributed by atoms with E-state index in [1.54, 1.807) is 0 Å². The Kier molecular flexibility index (Phi) is 5.01. The predicted molar refractivity (Wildman–Crippen MR) is 94.6 cm³/mol. The molecule has 0 atom stereocenters. The number of carbonyl (C=O) groups is 1. The van der Waals surface area contributed by atoms with Crippen LogP contribution in [0.1, 0.15) is 24.2 Å². The summed E-state index contributed by atoms with van der Waals surface area (Å²) in [7, 11) is 0. The number of aromatic nitrogens is 3. The molecule has 1 aromatic heterocycles. The minimum atomic E-state index is 0.0225. The number of amides is 1. The van der Waals surface area contributed by atoms with Gasteiger partial charge in [-0.25, -0.2) is 4.98 Å². The lowest BCUT2D eigenvalue weighted by molar-refractivity contribution is -0.116. The van der Waals surface area contributed by atoms with Crippen molar-refractivity contribution in [3.05, 3.63) is 66.0 Å². The number of aryl methyl sites for hydroxylation is 2. The van der Waals surface area contributed by atoms with E-state index in [0.29, 0.717) is 12.2 Å². The number of nitrogens with one attached hydrogen (secondary N) is 2. The van der Waals surface area contributed by atoms with Gasteiger partial charge in [-0.2, -0.15) is 5.10 Å². The van der Waals surface area contributed by atoms with E-state index in [1.165, 1.54) is 5.56 Å². The standard InChI is InChI=1S/C19H20N4O/c1-14-20-19(23-22-14)16-10-6-11-17(13-16)21-18(24)12-5-9-15-7-3-2-4-8-15/h2-4,6-8,10-11,13H,5,9,12H2,1H3,(H,21,24)(H,20,22,23). The summed E-state index contributed by atoms with van der Waals surface area (Å²) < 4.78 is 0. The smallest absolute Gasteiger partial charge is 0.224 e. The third kappa shape index (κ3) is 4.29. The molecule has 5 heteroatoms. The molecule has 1 heterocycles. The summed E-state index contributed by atoms with van der Waals surface area (Å²) in [6, 6.07) is 17.8. The molecule has 0 aliphatic carbocycles. The molecule has 0 unspecified atom stereocenters. The maximum Gasteiger partial charge on any atom is 0.224 e. The molecule has 0 saturated heterocycles. The van der Waals surface area contributed by atoms with Crippen molar-refractivity contribution in [1.29, 1.82) is 0 Å². The van der Waals surface area contributed by atoms with Crippen molar-refractivity contribution < 1.29 is 4.79 Å². The summed E-state index contributed by atoms with van der Waals surface area (Å²) in [6.45, 7) is 1.86. The van der Waals surface area contributed by atoms with E-state index in [2.05, 4.69) is 32.6 Å². The summed E-state index contributed by atoms with van der Waals surface area (Å²) in [4.78, 5) is 16.4. The molecule has 0 bridgehead atoms. The van der Waals surface area contributed by atoms with Gasteiger partial charge in [0.1, 0.15) is 5.82 Å². The Bertz CT molecular complexity index is 811. The number of rotatable bonds is 6. The van der Waals surface area contributed by atoms with Gasteiger partial charge in [0.15, 0.2) is 5.82 Å². The van der Waals surface area contributed by atoms with Gasteiger partial charge in [-0.15, -0.1) is 0 Å². The lowest BCUT2D eigenvalue weighted by Crippen LogP contribution is -2.11. The Balaban J connectivity index is 1.54. The second kappa shape index (κ2) is 7.55. The highest BCUT2D eigenvalue weighted by Gasteiger charge is 2.07. The molecule has 0 radical (unpaired) electrons.